The first-order valence-electron chi connectivity index (χ1n) is 9.48. The minimum absolute atomic E-state index is 0.0150. The summed E-state index contributed by atoms with van der Waals surface area (Å²) in [7, 11) is 0. The number of amides is 3. The van der Waals surface area contributed by atoms with Crippen LogP contribution in [0.25, 0.3) is 0 Å². The summed E-state index contributed by atoms with van der Waals surface area (Å²) in [6, 6.07) is 3.65. The molecule has 1 aromatic carbocycles. The summed E-state index contributed by atoms with van der Waals surface area (Å²) in [6.07, 6.45) is 2.18. The molecule has 1 aromatic rings. The molecule has 2 bridgehead atoms. The number of likely N-dealkylation sites (tertiary alicyclic amines) is 1. The third-order valence-electron chi connectivity index (χ3n) is 6.33. The van der Waals surface area contributed by atoms with Crippen molar-refractivity contribution in [1.82, 2.24) is 15.1 Å². The Morgan fingerprint density at radius 1 is 1.19 bits per heavy atom. The average Bonchev–Trinajstić information content (AvgIpc) is 3.07. The fraction of sp³-hybridized carbons (Fsp3) is 0.579. The number of hydrogen-bond donors (Lipinski definition) is 2. The SMILES string of the molecule is NC(=O)NCCC(=O)N1C[C@H](c2cccc(F)c2F)[C@@H]2[C@H]1C1CCN2CC1. The van der Waals surface area contributed by atoms with E-state index in [-0.39, 0.29) is 36.9 Å². The van der Waals surface area contributed by atoms with E-state index in [4.69, 9.17) is 5.73 Å². The fourth-order valence-corrected chi connectivity index (χ4v) is 5.22. The molecule has 3 atom stereocenters. The molecule has 3 N–H and O–H groups in total. The molecule has 0 unspecified atom stereocenters. The second kappa shape index (κ2) is 7.07. The second-order valence-corrected chi connectivity index (χ2v) is 7.69. The minimum atomic E-state index is -0.851. The Hall–Kier alpha value is -2.22. The number of fused-ring (bicyclic) bond motifs is 2. The van der Waals surface area contributed by atoms with Gasteiger partial charge in [-0.3, -0.25) is 9.69 Å². The summed E-state index contributed by atoms with van der Waals surface area (Å²) in [6.45, 7) is 2.42. The number of piperidine rings is 3. The molecule has 0 radical (unpaired) electrons. The number of urea groups is 1. The van der Waals surface area contributed by atoms with Crippen LogP contribution in [0.5, 0.6) is 0 Å². The lowest BCUT2D eigenvalue weighted by molar-refractivity contribution is -0.135. The van der Waals surface area contributed by atoms with Crippen LogP contribution in [0.2, 0.25) is 0 Å². The zero-order valence-electron chi connectivity index (χ0n) is 15.0. The van der Waals surface area contributed by atoms with Crippen LogP contribution in [-0.4, -0.2) is 60.0 Å². The van der Waals surface area contributed by atoms with Gasteiger partial charge in [-0.2, -0.15) is 0 Å². The van der Waals surface area contributed by atoms with E-state index in [1.165, 1.54) is 6.07 Å². The third kappa shape index (κ3) is 3.16. The van der Waals surface area contributed by atoms with Gasteiger partial charge in [0.25, 0.3) is 0 Å². The van der Waals surface area contributed by atoms with Crippen LogP contribution in [0.3, 0.4) is 0 Å². The normalized spacial score (nSPS) is 31.6. The summed E-state index contributed by atoms with van der Waals surface area (Å²) < 4.78 is 28.3. The lowest BCUT2D eigenvalue weighted by atomic mass is 9.75. The van der Waals surface area contributed by atoms with Gasteiger partial charge in [-0.05, 0) is 43.5 Å². The molecule has 4 heterocycles. The van der Waals surface area contributed by atoms with Crippen molar-refractivity contribution in [3.63, 3.8) is 0 Å². The van der Waals surface area contributed by atoms with Crippen LogP contribution in [0.4, 0.5) is 13.6 Å². The van der Waals surface area contributed by atoms with Crippen molar-refractivity contribution in [2.45, 2.75) is 37.3 Å². The largest absolute Gasteiger partial charge is 0.352 e. The van der Waals surface area contributed by atoms with Gasteiger partial charge in [0.2, 0.25) is 5.91 Å². The van der Waals surface area contributed by atoms with Gasteiger partial charge < -0.3 is 16.0 Å². The summed E-state index contributed by atoms with van der Waals surface area (Å²) in [5.41, 5.74) is 5.41. The van der Waals surface area contributed by atoms with Gasteiger partial charge in [0.05, 0.1) is 6.04 Å². The van der Waals surface area contributed by atoms with Crippen LogP contribution in [-0.2, 0) is 4.79 Å². The summed E-state index contributed by atoms with van der Waals surface area (Å²) in [5, 5.41) is 2.44. The molecule has 4 saturated heterocycles. The van der Waals surface area contributed by atoms with Crippen LogP contribution in [0.15, 0.2) is 18.2 Å². The van der Waals surface area contributed by atoms with E-state index in [2.05, 4.69) is 10.2 Å². The lowest BCUT2D eigenvalue weighted by Gasteiger charge is -2.51. The highest BCUT2D eigenvalue weighted by Crippen LogP contribution is 2.47. The molecule has 4 aliphatic rings. The Morgan fingerprint density at radius 2 is 1.93 bits per heavy atom. The monoisotopic (exact) mass is 378 g/mol. The maximum absolute atomic E-state index is 14.5. The van der Waals surface area contributed by atoms with Crippen molar-refractivity contribution in [3.8, 4) is 0 Å². The van der Waals surface area contributed by atoms with Gasteiger partial charge in [0.1, 0.15) is 0 Å². The first kappa shape index (κ1) is 18.2. The zero-order chi connectivity index (χ0) is 19.1. The van der Waals surface area contributed by atoms with E-state index in [0.717, 1.165) is 32.0 Å². The lowest BCUT2D eigenvalue weighted by Crippen LogP contribution is -2.60. The molecule has 6 nitrogen and oxygen atoms in total. The van der Waals surface area contributed by atoms with Crippen molar-refractivity contribution in [2.24, 2.45) is 11.7 Å². The highest BCUT2D eigenvalue weighted by atomic mass is 19.2. The summed E-state index contributed by atoms with van der Waals surface area (Å²) in [5.74, 6) is -1.60. The van der Waals surface area contributed by atoms with E-state index in [9.17, 15) is 18.4 Å². The Balaban J connectivity index is 1.61. The van der Waals surface area contributed by atoms with Gasteiger partial charge in [-0.1, -0.05) is 12.1 Å². The van der Waals surface area contributed by atoms with Gasteiger partial charge in [0, 0.05) is 31.5 Å². The molecule has 4 aliphatic heterocycles. The van der Waals surface area contributed by atoms with Crippen LogP contribution in [0.1, 0.15) is 30.7 Å². The second-order valence-electron chi connectivity index (χ2n) is 7.69. The van der Waals surface area contributed by atoms with E-state index in [1.54, 1.807) is 6.07 Å². The van der Waals surface area contributed by atoms with Crippen molar-refractivity contribution >= 4 is 11.9 Å². The van der Waals surface area contributed by atoms with Crippen molar-refractivity contribution in [1.29, 1.82) is 0 Å². The molecule has 4 fully saturated rings. The van der Waals surface area contributed by atoms with Crippen molar-refractivity contribution in [3.05, 3.63) is 35.4 Å². The van der Waals surface area contributed by atoms with Crippen molar-refractivity contribution < 1.29 is 18.4 Å². The van der Waals surface area contributed by atoms with Crippen LogP contribution >= 0.6 is 0 Å². The Kier molecular flexibility index (Phi) is 4.75. The predicted molar refractivity (Wildman–Crippen MR) is 94.9 cm³/mol. The third-order valence-corrected chi connectivity index (χ3v) is 6.33. The van der Waals surface area contributed by atoms with Gasteiger partial charge in [0.15, 0.2) is 11.6 Å². The number of nitrogens with two attached hydrogens (primary N) is 1. The number of primary amides is 1. The molecule has 8 heteroatoms. The van der Waals surface area contributed by atoms with E-state index in [1.807, 2.05) is 4.90 Å². The Morgan fingerprint density at radius 3 is 2.63 bits per heavy atom. The van der Waals surface area contributed by atoms with Crippen LogP contribution < -0.4 is 11.1 Å². The molecule has 146 valence electrons. The number of rotatable bonds is 4. The first-order chi connectivity index (χ1) is 13.0. The Bertz CT molecular complexity index is 751. The fourth-order valence-electron chi connectivity index (χ4n) is 5.22. The zero-order valence-corrected chi connectivity index (χ0v) is 15.0. The van der Waals surface area contributed by atoms with Gasteiger partial charge in [-0.25, -0.2) is 13.6 Å². The number of nitrogens with zero attached hydrogens (tertiary/aromatic N) is 2. The van der Waals surface area contributed by atoms with Crippen LogP contribution in [0, 0.1) is 17.6 Å². The molecular weight excluding hydrogens is 354 g/mol. The molecule has 0 spiro atoms. The topological polar surface area (TPSA) is 78.7 Å². The quantitative estimate of drug-likeness (QED) is 0.832. The minimum Gasteiger partial charge on any atom is -0.352 e. The van der Waals surface area contributed by atoms with Crippen molar-refractivity contribution in [2.75, 3.05) is 26.2 Å². The van der Waals surface area contributed by atoms with E-state index in [0.29, 0.717) is 18.0 Å². The maximum atomic E-state index is 14.5. The summed E-state index contributed by atoms with van der Waals surface area (Å²) in [4.78, 5) is 27.8. The number of nitrogens with one attached hydrogen (secondary N) is 1. The van der Waals surface area contributed by atoms with E-state index >= 15 is 0 Å². The number of halogens is 2. The molecule has 27 heavy (non-hydrogen) atoms. The highest BCUT2D eigenvalue weighted by molar-refractivity contribution is 5.79. The number of carbonyl (C=O) groups is 2. The average molecular weight is 378 g/mol. The molecular formula is C19H24F2N4O2. The highest BCUT2D eigenvalue weighted by Gasteiger charge is 2.54. The maximum Gasteiger partial charge on any atom is 0.312 e. The van der Waals surface area contributed by atoms with E-state index < -0.39 is 17.7 Å². The molecule has 0 saturated carbocycles. The number of benzene rings is 1. The first-order valence-corrected chi connectivity index (χ1v) is 9.48. The number of hydrogen-bond acceptors (Lipinski definition) is 3. The van der Waals surface area contributed by atoms with Gasteiger partial charge >= 0.3 is 6.03 Å². The molecule has 3 amide bonds. The van der Waals surface area contributed by atoms with Gasteiger partial charge in [-0.15, -0.1) is 0 Å². The molecule has 0 aromatic heterocycles. The molecule has 5 rings (SSSR count). The summed E-state index contributed by atoms with van der Waals surface area (Å²) >= 11 is 0. The number of carbonyl (C=O) groups excluding carboxylic acids is 2. The molecule has 0 aliphatic carbocycles. The standard InChI is InChI=1S/C19H24F2N4O2/c20-14-3-1-2-12(16(14)21)13-10-25(15(26)4-7-23-19(22)27)17-11-5-8-24(9-6-11)18(13)17/h1-3,11,13,17-18H,4-10H2,(H3,22,23,27)/t13-,17-,18-/m1/s1. The predicted octanol–water partition coefficient (Wildman–Crippen LogP) is 1.41. The Labute approximate surface area is 156 Å². The smallest absolute Gasteiger partial charge is 0.312 e.